The maximum atomic E-state index is 9.07. The highest BCUT2D eigenvalue weighted by Gasteiger charge is 2.04. The summed E-state index contributed by atoms with van der Waals surface area (Å²) < 4.78 is 1.22. The molecule has 2 aromatic heterocycles. The van der Waals surface area contributed by atoms with Gasteiger partial charge in [0.15, 0.2) is 0 Å². The number of nitrogens with one attached hydrogen (secondary N) is 1. The van der Waals surface area contributed by atoms with Crippen LogP contribution in [0.4, 0.5) is 0 Å². The number of thiophene rings is 1. The molecule has 0 aliphatic heterocycles. The second kappa shape index (κ2) is 5.39. The van der Waals surface area contributed by atoms with Crippen molar-refractivity contribution < 1.29 is 5.11 Å². The molecule has 2 aromatic rings. The van der Waals surface area contributed by atoms with E-state index in [1.165, 1.54) is 10.3 Å². The third-order valence-electron chi connectivity index (χ3n) is 2.67. The van der Waals surface area contributed by atoms with E-state index in [4.69, 9.17) is 5.11 Å². The Hall–Kier alpha value is -0.970. The van der Waals surface area contributed by atoms with Crippen molar-refractivity contribution in [2.75, 3.05) is 6.61 Å². The van der Waals surface area contributed by atoms with Crippen LogP contribution in [0.15, 0.2) is 23.7 Å². The average molecular weight is 236 g/mol. The largest absolute Gasteiger partial charge is 0.395 e. The molecule has 2 N–H and O–H groups in total. The van der Waals surface area contributed by atoms with Crippen molar-refractivity contribution in [2.24, 2.45) is 0 Å². The smallest absolute Gasteiger partial charge is 0.0809 e. The van der Waals surface area contributed by atoms with E-state index in [-0.39, 0.29) is 12.6 Å². The highest BCUT2D eigenvalue weighted by Crippen LogP contribution is 2.19. The third-order valence-corrected chi connectivity index (χ3v) is 3.52. The Morgan fingerprint density at radius 1 is 1.56 bits per heavy atom. The minimum Gasteiger partial charge on any atom is -0.395 e. The van der Waals surface area contributed by atoms with Gasteiger partial charge in [-0.15, -0.1) is 11.3 Å². The van der Waals surface area contributed by atoms with Crippen LogP contribution >= 0.6 is 11.3 Å². The molecule has 0 aromatic carbocycles. The summed E-state index contributed by atoms with van der Waals surface area (Å²) in [5, 5.41) is 14.4. The van der Waals surface area contributed by atoms with Crippen LogP contribution in [-0.2, 0) is 6.54 Å². The molecule has 0 saturated heterocycles. The Bertz CT molecular complexity index is 451. The van der Waals surface area contributed by atoms with Crippen molar-refractivity contribution in [3.8, 4) is 0 Å². The summed E-state index contributed by atoms with van der Waals surface area (Å²) in [5.74, 6) is 0. The highest BCUT2D eigenvalue weighted by molar-refractivity contribution is 7.17. The van der Waals surface area contributed by atoms with Gasteiger partial charge in [0.05, 0.1) is 16.8 Å². The van der Waals surface area contributed by atoms with E-state index in [0.717, 1.165) is 18.5 Å². The summed E-state index contributed by atoms with van der Waals surface area (Å²) in [4.78, 5) is 4.38. The molecule has 1 atom stereocenters. The van der Waals surface area contributed by atoms with Gasteiger partial charge in [0.1, 0.15) is 0 Å². The van der Waals surface area contributed by atoms with Gasteiger partial charge in [0, 0.05) is 18.8 Å². The van der Waals surface area contributed by atoms with E-state index in [2.05, 4.69) is 28.7 Å². The lowest BCUT2D eigenvalue weighted by Crippen LogP contribution is -2.31. The van der Waals surface area contributed by atoms with Crippen LogP contribution in [0.5, 0.6) is 0 Å². The summed E-state index contributed by atoms with van der Waals surface area (Å²) in [5.41, 5.74) is 2.23. The van der Waals surface area contributed by atoms with Gasteiger partial charge in [-0.25, -0.2) is 0 Å². The molecule has 0 amide bonds. The lowest BCUT2D eigenvalue weighted by atomic mass is 10.2. The van der Waals surface area contributed by atoms with Crippen LogP contribution in [0.2, 0.25) is 0 Å². The van der Waals surface area contributed by atoms with Crippen LogP contribution in [-0.4, -0.2) is 22.7 Å². The normalized spacial score (nSPS) is 13.1. The monoisotopic (exact) mass is 236 g/mol. The zero-order valence-electron chi connectivity index (χ0n) is 9.31. The molecular weight excluding hydrogens is 220 g/mol. The second-order valence-corrected chi connectivity index (χ2v) is 4.76. The molecule has 3 nitrogen and oxygen atoms in total. The fraction of sp³-hybridized carbons (Fsp3) is 0.417. The van der Waals surface area contributed by atoms with Gasteiger partial charge in [-0.3, -0.25) is 4.98 Å². The van der Waals surface area contributed by atoms with Crippen molar-refractivity contribution in [3.63, 3.8) is 0 Å². The van der Waals surface area contributed by atoms with E-state index in [1.54, 1.807) is 11.3 Å². The first-order chi connectivity index (χ1) is 7.83. The molecule has 0 radical (unpaired) electrons. The van der Waals surface area contributed by atoms with Gasteiger partial charge >= 0.3 is 0 Å². The van der Waals surface area contributed by atoms with Gasteiger partial charge in [-0.05, 0) is 29.5 Å². The van der Waals surface area contributed by atoms with Crippen LogP contribution < -0.4 is 5.32 Å². The average Bonchev–Trinajstić information content (AvgIpc) is 2.77. The lowest BCUT2D eigenvalue weighted by molar-refractivity contribution is 0.238. The van der Waals surface area contributed by atoms with Crippen molar-refractivity contribution in [3.05, 3.63) is 29.3 Å². The zero-order valence-corrected chi connectivity index (χ0v) is 10.1. The van der Waals surface area contributed by atoms with Crippen LogP contribution in [0, 0.1) is 0 Å². The number of aliphatic hydroxyl groups is 1. The Labute approximate surface area is 99.1 Å². The SMILES string of the molecule is CC[C@H](CO)NCc1cnc2ccsc2c1. The number of aliphatic hydroxyl groups excluding tert-OH is 1. The standard InChI is InChI=1S/C12H16N2OS/c1-2-10(8-15)13-6-9-5-12-11(14-7-9)3-4-16-12/h3-5,7,10,13,15H,2,6,8H2,1H3/t10-/m1/s1. The molecule has 0 bridgehead atoms. The number of fused-ring (bicyclic) bond motifs is 1. The van der Waals surface area contributed by atoms with Crippen molar-refractivity contribution in [2.45, 2.75) is 25.9 Å². The van der Waals surface area contributed by atoms with Crippen molar-refractivity contribution in [1.29, 1.82) is 0 Å². The lowest BCUT2D eigenvalue weighted by Gasteiger charge is -2.13. The first kappa shape index (κ1) is 11.5. The number of pyridine rings is 1. The van der Waals surface area contributed by atoms with Crippen LogP contribution in [0.3, 0.4) is 0 Å². The van der Waals surface area contributed by atoms with E-state index >= 15 is 0 Å². The Balaban J connectivity index is 2.03. The maximum Gasteiger partial charge on any atom is 0.0809 e. The minimum atomic E-state index is 0.180. The van der Waals surface area contributed by atoms with E-state index in [0.29, 0.717) is 0 Å². The molecule has 0 spiro atoms. The Morgan fingerprint density at radius 2 is 2.44 bits per heavy atom. The highest BCUT2D eigenvalue weighted by atomic mass is 32.1. The van der Waals surface area contributed by atoms with E-state index < -0.39 is 0 Å². The molecule has 0 fully saturated rings. The van der Waals surface area contributed by atoms with Gasteiger partial charge in [-0.1, -0.05) is 6.92 Å². The maximum absolute atomic E-state index is 9.07. The number of nitrogens with zero attached hydrogens (tertiary/aromatic N) is 1. The zero-order chi connectivity index (χ0) is 11.4. The predicted octanol–water partition coefficient (Wildman–Crippen LogP) is 2.16. The number of aromatic nitrogens is 1. The summed E-state index contributed by atoms with van der Waals surface area (Å²) in [7, 11) is 0. The summed E-state index contributed by atoms with van der Waals surface area (Å²) in [6, 6.07) is 4.36. The summed E-state index contributed by atoms with van der Waals surface area (Å²) in [6.07, 6.45) is 2.83. The number of hydrogen-bond donors (Lipinski definition) is 2. The Morgan fingerprint density at radius 3 is 3.19 bits per heavy atom. The second-order valence-electron chi connectivity index (χ2n) is 3.82. The first-order valence-electron chi connectivity index (χ1n) is 5.50. The van der Waals surface area contributed by atoms with Crippen molar-refractivity contribution in [1.82, 2.24) is 10.3 Å². The van der Waals surface area contributed by atoms with E-state index in [1.807, 2.05) is 12.3 Å². The van der Waals surface area contributed by atoms with Crippen LogP contribution in [0.25, 0.3) is 10.2 Å². The first-order valence-corrected chi connectivity index (χ1v) is 6.37. The molecule has 0 saturated carbocycles. The summed E-state index contributed by atoms with van der Waals surface area (Å²) in [6.45, 7) is 3.01. The van der Waals surface area contributed by atoms with Gasteiger partial charge in [0.2, 0.25) is 0 Å². The number of rotatable bonds is 5. The molecule has 0 aliphatic carbocycles. The quantitative estimate of drug-likeness (QED) is 0.836. The van der Waals surface area contributed by atoms with Crippen molar-refractivity contribution >= 4 is 21.6 Å². The molecule has 0 aliphatic rings. The molecule has 16 heavy (non-hydrogen) atoms. The minimum absolute atomic E-state index is 0.180. The van der Waals surface area contributed by atoms with Gasteiger partial charge in [0.25, 0.3) is 0 Å². The molecule has 2 rings (SSSR count). The molecule has 0 unspecified atom stereocenters. The number of hydrogen-bond acceptors (Lipinski definition) is 4. The molecular formula is C12H16N2OS. The topological polar surface area (TPSA) is 45.1 Å². The fourth-order valence-corrected chi connectivity index (χ4v) is 2.39. The fourth-order valence-electron chi connectivity index (χ4n) is 1.58. The third kappa shape index (κ3) is 2.58. The molecule has 4 heteroatoms. The Kier molecular flexibility index (Phi) is 3.88. The van der Waals surface area contributed by atoms with E-state index in [9.17, 15) is 0 Å². The van der Waals surface area contributed by atoms with Gasteiger partial charge in [-0.2, -0.15) is 0 Å². The summed E-state index contributed by atoms with van der Waals surface area (Å²) >= 11 is 1.71. The molecule has 86 valence electrons. The predicted molar refractivity (Wildman–Crippen MR) is 67.6 cm³/mol. The molecule has 2 heterocycles. The van der Waals surface area contributed by atoms with Gasteiger partial charge < -0.3 is 10.4 Å². The van der Waals surface area contributed by atoms with Crippen LogP contribution in [0.1, 0.15) is 18.9 Å².